The summed E-state index contributed by atoms with van der Waals surface area (Å²) in [4.78, 5) is 12.3. The Kier molecular flexibility index (Phi) is 31.5. The first-order chi connectivity index (χ1) is 19.7. The van der Waals surface area contributed by atoms with Gasteiger partial charge < -0.3 is 15.5 Å². The molecule has 40 heavy (non-hydrogen) atoms. The first kappa shape index (κ1) is 38.9. The van der Waals surface area contributed by atoms with Gasteiger partial charge in [0, 0.05) is 6.42 Å². The Balaban J connectivity index is 3.66. The van der Waals surface area contributed by atoms with Crippen LogP contribution in [-0.4, -0.2) is 34.9 Å². The van der Waals surface area contributed by atoms with Crippen LogP contribution in [-0.2, 0) is 4.79 Å². The highest BCUT2D eigenvalue weighted by Crippen LogP contribution is 2.14. The standard InChI is InChI=1S/C36H69NO3/c1-3-5-7-9-11-13-15-17-18-20-22-24-26-28-30-32-36(40)37-34(33-38)35(39)31-29-27-25-23-21-19-16-14-12-10-8-6-4-2/h21,23,29,31,34-35,38-39H,3-20,22,24-28,30,32-33H2,1-2H3,(H,37,40). The molecule has 0 radical (unpaired) electrons. The van der Waals surface area contributed by atoms with E-state index in [0.717, 1.165) is 32.1 Å². The fourth-order valence-electron chi connectivity index (χ4n) is 5.19. The van der Waals surface area contributed by atoms with Crippen molar-refractivity contribution < 1.29 is 15.0 Å². The first-order valence-corrected chi connectivity index (χ1v) is 17.6. The molecule has 0 aromatic heterocycles. The molecule has 0 aromatic carbocycles. The van der Waals surface area contributed by atoms with Crippen molar-refractivity contribution in [1.29, 1.82) is 0 Å². The molecule has 4 heteroatoms. The number of nitrogens with one attached hydrogen (secondary N) is 1. The van der Waals surface area contributed by atoms with E-state index in [1.807, 2.05) is 6.08 Å². The molecule has 0 heterocycles. The summed E-state index contributed by atoms with van der Waals surface area (Å²) in [6.45, 7) is 4.27. The third kappa shape index (κ3) is 28.4. The molecular formula is C36H69NO3. The van der Waals surface area contributed by atoms with Gasteiger partial charge in [0.25, 0.3) is 0 Å². The number of carbonyl (C=O) groups excluding carboxylic acids is 1. The predicted molar refractivity (Wildman–Crippen MR) is 175 cm³/mol. The van der Waals surface area contributed by atoms with E-state index in [9.17, 15) is 15.0 Å². The Morgan fingerprint density at radius 1 is 0.575 bits per heavy atom. The highest BCUT2D eigenvalue weighted by atomic mass is 16.3. The van der Waals surface area contributed by atoms with Crippen molar-refractivity contribution in [2.24, 2.45) is 0 Å². The Hall–Kier alpha value is -1.13. The van der Waals surface area contributed by atoms with Crippen molar-refractivity contribution in [2.75, 3.05) is 6.61 Å². The fourth-order valence-corrected chi connectivity index (χ4v) is 5.19. The van der Waals surface area contributed by atoms with Crippen molar-refractivity contribution in [3.05, 3.63) is 24.3 Å². The summed E-state index contributed by atoms with van der Waals surface area (Å²) in [6.07, 6.45) is 39.7. The highest BCUT2D eigenvalue weighted by molar-refractivity contribution is 5.76. The van der Waals surface area contributed by atoms with E-state index in [4.69, 9.17) is 0 Å². The largest absolute Gasteiger partial charge is 0.394 e. The molecule has 2 unspecified atom stereocenters. The summed E-state index contributed by atoms with van der Waals surface area (Å²) < 4.78 is 0. The van der Waals surface area contributed by atoms with Crippen LogP contribution in [0.3, 0.4) is 0 Å². The van der Waals surface area contributed by atoms with Crippen molar-refractivity contribution in [1.82, 2.24) is 5.32 Å². The van der Waals surface area contributed by atoms with Crippen LogP contribution in [0.4, 0.5) is 0 Å². The summed E-state index contributed by atoms with van der Waals surface area (Å²) in [6, 6.07) is -0.632. The second-order valence-corrected chi connectivity index (χ2v) is 11.9. The summed E-state index contributed by atoms with van der Waals surface area (Å²) in [7, 11) is 0. The van der Waals surface area contributed by atoms with Gasteiger partial charge >= 0.3 is 0 Å². The summed E-state index contributed by atoms with van der Waals surface area (Å²) in [5, 5.41) is 22.8. The van der Waals surface area contributed by atoms with Crippen LogP contribution in [0.2, 0.25) is 0 Å². The van der Waals surface area contributed by atoms with Crippen LogP contribution >= 0.6 is 0 Å². The lowest BCUT2D eigenvalue weighted by atomic mass is 10.0. The smallest absolute Gasteiger partial charge is 0.220 e. The summed E-state index contributed by atoms with van der Waals surface area (Å²) in [5.41, 5.74) is 0. The number of aliphatic hydroxyl groups excluding tert-OH is 2. The maximum absolute atomic E-state index is 12.3. The molecule has 0 fully saturated rings. The Morgan fingerprint density at radius 3 is 1.45 bits per heavy atom. The highest BCUT2D eigenvalue weighted by Gasteiger charge is 2.17. The average molecular weight is 564 g/mol. The van der Waals surface area contributed by atoms with Crippen LogP contribution in [0.25, 0.3) is 0 Å². The third-order valence-corrected chi connectivity index (χ3v) is 7.94. The third-order valence-electron chi connectivity index (χ3n) is 7.94. The Labute approximate surface area is 249 Å². The molecule has 3 N–H and O–H groups in total. The van der Waals surface area contributed by atoms with E-state index in [0.29, 0.717) is 6.42 Å². The number of hydrogen-bond acceptors (Lipinski definition) is 3. The van der Waals surface area contributed by atoms with E-state index in [-0.39, 0.29) is 12.5 Å². The zero-order valence-electron chi connectivity index (χ0n) is 26.9. The van der Waals surface area contributed by atoms with E-state index >= 15 is 0 Å². The monoisotopic (exact) mass is 564 g/mol. The second kappa shape index (κ2) is 32.4. The van der Waals surface area contributed by atoms with Gasteiger partial charge in [0.2, 0.25) is 5.91 Å². The molecule has 0 aromatic rings. The molecule has 0 aliphatic carbocycles. The first-order valence-electron chi connectivity index (χ1n) is 17.6. The van der Waals surface area contributed by atoms with Crippen LogP contribution in [0.5, 0.6) is 0 Å². The number of aliphatic hydroxyl groups is 2. The van der Waals surface area contributed by atoms with Crippen LogP contribution in [0, 0.1) is 0 Å². The van der Waals surface area contributed by atoms with E-state index in [1.165, 1.54) is 128 Å². The van der Waals surface area contributed by atoms with Crippen molar-refractivity contribution in [2.45, 2.75) is 193 Å². The van der Waals surface area contributed by atoms with Crippen LogP contribution < -0.4 is 5.32 Å². The number of amides is 1. The predicted octanol–water partition coefficient (Wildman–Crippen LogP) is 10.1. The maximum Gasteiger partial charge on any atom is 0.220 e. The zero-order valence-corrected chi connectivity index (χ0v) is 26.9. The molecular weight excluding hydrogens is 494 g/mol. The Morgan fingerprint density at radius 2 is 0.975 bits per heavy atom. The fraction of sp³-hybridized carbons (Fsp3) is 0.861. The van der Waals surface area contributed by atoms with E-state index < -0.39 is 12.1 Å². The van der Waals surface area contributed by atoms with Crippen molar-refractivity contribution in [3.8, 4) is 0 Å². The molecule has 1 amide bonds. The molecule has 0 spiro atoms. The maximum atomic E-state index is 12.3. The minimum Gasteiger partial charge on any atom is -0.394 e. The van der Waals surface area contributed by atoms with E-state index in [1.54, 1.807) is 6.08 Å². The molecule has 236 valence electrons. The lowest BCUT2D eigenvalue weighted by Crippen LogP contribution is -2.45. The normalized spacial score (nSPS) is 13.4. The van der Waals surface area contributed by atoms with Gasteiger partial charge in [-0.1, -0.05) is 167 Å². The lowest BCUT2D eigenvalue weighted by Gasteiger charge is -2.19. The minimum atomic E-state index is -0.855. The number of hydrogen-bond donors (Lipinski definition) is 3. The molecule has 0 aliphatic heterocycles. The van der Waals surface area contributed by atoms with Gasteiger partial charge in [-0.2, -0.15) is 0 Å². The lowest BCUT2D eigenvalue weighted by molar-refractivity contribution is -0.123. The van der Waals surface area contributed by atoms with E-state index in [2.05, 4.69) is 31.3 Å². The molecule has 0 saturated heterocycles. The minimum absolute atomic E-state index is 0.0745. The number of carbonyl (C=O) groups is 1. The van der Waals surface area contributed by atoms with Gasteiger partial charge in [0.1, 0.15) is 0 Å². The number of allylic oxidation sites excluding steroid dienone is 3. The van der Waals surface area contributed by atoms with Crippen molar-refractivity contribution in [3.63, 3.8) is 0 Å². The second-order valence-electron chi connectivity index (χ2n) is 11.9. The topological polar surface area (TPSA) is 69.6 Å². The molecule has 0 aliphatic rings. The van der Waals surface area contributed by atoms with Crippen LogP contribution in [0.1, 0.15) is 181 Å². The average Bonchev–Trinajstić information content (AvgIpc) is 2.96. The van der Waals surface area contributed by atoms with Gasteiger partial charge in [-0.15, -0.1) is 0 Å². The Bertz CT molecular complexity index is 574. The van der Waals surface area contributed by atoms with Gasteiger partial charge in [0.05, 0.1) is 18.8 Å². The van der Waals surface area contributed by atoms with Gasteiger partial charge in [-0.05, 0) is 32.1 Å². The molecule has 0 rings (SSSR count). The van der Waals surface area contributed by atoms with Gasteiger partial charge in [-0.25, -0.2) is 0 Å². The number of unbranched alkanes of at least 4 members (excludes halogenated alkanes) is 22. The molecule has 4 nitrogen and oxygen atoms in total. The zero-order chi connectivity index (χ0) is 29.4. The quantitative estimate of drug-likeness (QED) is 0.0580. The van der Waals surface area contributed by atoms with Crippen LogP contribution in [0.15, 0.2) is 24.3 Å². The molecule has 0 saturated carbocycles. The molecule has 2 atom stereocenters. The number of rotatable bonds is 31. The summed E-state index contributed by atoms with van der Waals surface area (Å²) >= 11 is 0. The SMILES string of the molecule is CCCCCCCCCC=CCCC=CC(O)C(CO)NC(=O)CCCCCCCCCCCCCCCCC. The van der Waals surface area contributed by atoms with Crippen molar-refractivity contribution >= 4 is 5.91 Å². The molecule has 0 bridgehead atoms. The van der Waals surface area contributed by atoms with Gasteiger partial charge in [-0.3, -0.25) is 4.79 Å². The van der Waals surface area contributed by atoms with Gasteiger partial charge in [0.15, 0.2) is 0 Å². The summed E-state index contributed by atoms with van der Waals surface area (Å²) in [5.74, 6) is -0.0745.